The van der Waals surface area contributed by atoms with Crippen molar-refractivity contribution in [3.63, 3.8) is 0 Å². The standard InChI is InChI=1S/C6H12N4.C5H4O2/c1-7-2-9-4-8(1)5-10(3-7)6-9;6-4-5-2-1-3-7-5/h1-6H2;1-4H. The molecule has 0 unspecified atom stereocenters. The highest BCUT2D eigenvalue weighted by atomic mass is 16.3. The SMILES string of the molecule is C1N2CN3CN1CN(C2)C3.O=Cc1ccco1. The number of nitrogens with zero attached hydrogens (tertiary/aromatic N) is 4. The summed E-state index contributed by atoms with van der Waals surface area (Å²) in [6.45, 7) is 7.12. The van der Waals surface area contributed by atoms with Crippen LogP contribution in [0.1, 0.15) is 10.6 Å². The molecule has 0 N–H and O–H groups in total. The largest absolute Gasteiger partial charge is 0.462 e. The van der Waals surface area contributed by atoms with Gasteiger partial charge >= 0.3 is 0 Å². The molecule has 0 atom stereocenters. The van der Waals surface area contributed by atoms with E-state index in [1.807, 2.05) is 0 Å². The summed E-state index contributed by atoms with van der Waals surface area (Å²) in [5.41, 5.74) is 0. The van der Waals surface area contributed by atoms with E-state index < -0.39 is 0 Å². The Labute approximate surface area is 100.0 Å². The van der Waals surface area contributed by atoms with Gasteiger partial charge in [0.05, 0.1) is 46.3 Å². The Morgan fingerprint density at radius 1 is 0.941 bits per heavy atom. The first-order valence-electron chi connectivity index (χ1n) is 5.71. The van der Waals surface area contributed by atoms with Crippen molar-refractivity contribution in [2.45, 2.75) is 0 Å². The molecule has 0 aliphatic carbocycles. The summed E-state index contributed by atoms with van der Waals surface area (Å²) in [6.07, 6.45) is 2.13. The zero-order valence-corrected chi connectivity index (χ0v) is 9.66. The van der Waals surface area contributed by atoms with Crippen LogP contribution < -0.4 is 0 Å². The number of furan rings is 1. The van der Waals surface area contributed by atoms with Gasteiger partial charge in [-0.05, 0) is 12.1 Å². The van der Waals surface area contributed by atoms with Crippen LogP contribution in [0.25, 0.3) is 0 Å². The third-order valence-corrected chi connectivity index (χ3v) is 3.06. The van der Waals surface area contributed by atoms with Gasteiger partial charge in [-0.2, -0.15) is 0 Å². The van der Waals surface area contributed by atoms with E-state index in [-0.39, 0.29) is 0 Å². The lowest BCUT2D eigenvalue weighted by Gasteiger charge is -2.56. The van der Waals surface area contributed by atoms with E-state index in [4.69, 9.17) is 0 Å². The Morgan fingerprint density at radius 2 is 1.41 bits per heavy atom. The summed E-state index contributed by atoms with van der Waals surface area (Å²) >= 11 is 0. The second-order valence-electron chi connectivity index (χ2n) is 4.67. The van der Waals surface area contributed by atoms with Crippen molar-refractivity contribution < 1.29 is 9.21 Å². The van der Waals surface area contributed by atoms with Crippen molar-refractivity contribution in [3.8, 4) is 0 Å². The van der Waals surface area contributed by atoms with Crippen molar-refractivity contribution in [2.75, 3.05) is 40.0 Å². The molecular formula is C11H16N4O2. The molecule has 0 aromatic carbocycles. The van der Waals surface area contributed by atoms with Crippen LogP contribution in [0.5, 0.6) is 0 Å². The normalized spacial score (nSPS) is 37.4. The van der Waals surface area contributed by atoms with Crippen molar-refractivity contribution in [2.24, 2.45) is 0 Å². The lowest BCUT2D eigenvalue weighted by molar-refractivity contribution is -0.194. The zero-order chi connectivity index (χ0) is 11.7. The first-order chi connectivity index (χ1) is 8.33. The van der Waals surface area contributed by atoms with E-state index in [1.54, 1.807) is 12.1 Å². The maximum absolute atomic E-state index is 9.77. The summed E-state index contributed by atoms with van der Waals surface area (Å²) in [5, 5.41) is 0. The fourth-order valence-corrected chi connectivity index (χ4v) is 2.59. The fourth-order valence-electron chi connectivity index (χ4n) is 2.59. The average Bonchev–Trinajstić information content (AvgIpc) is 2.80. The zero-order valence-electron chi connectivity index (χ0n) is 9.66. The van der Waals surface area contributed by atoms with E-state index in [9.17, 15) is 4.79 Å². The van der Waals surface area contributed by atoms with Crippen LogP contribution in [-0.2, 0) is 0 Å². The van der Waals surface area contributed by atoms with Gasteiger partial charge in [0.25, 0.3) is 0 Å². The molecule has 1 aromatic rings. The summed E-state index contributed by atoms with van der Waals surface area (Å²) < 4.78 is 4.61. The molecule has 4 bridgehead atoms. The summed E-state index contributed by atoms with van der Waals surface area (Å²) in [7, 11) is 0. The van der Waals surface area contributed by atoms with Crippen LogP contribution >= 0.6 is 0 Å². The monoisotopic (exact) mass is 236 g/mol. The molecule has 6 nitrogen and oxygen atoms in total. The van der Waals surface area contributed by atoms with Crippen LogP contribution in [0.15, 0.2) is 22.8 Å². The van der Waals surface area contributed by atoms with Crippen LogP contribution in [-0.4, -0.2) is 65.9 Å². The summed E-state index contributed by atoms with van der Waals surface area (Å²) in [6, 6.07) is 3.27. The highest BCUT2D eigenvalue weighted by Crippen LogP contribution is 2.20. The van der Waals surface area contributed by atoms with Gasteiger partial charge in [0.2, 0.25) is 0 Å². The quantitative estimate of drug-likeness (QED) is 0.643. The Kier molecular flexibility index (Phi) is 2.94. The van der Waals surface area contributed by atoms with Crippen LogP contribution in [0, 0.1) is 0 Å². The number of hydrogen-bond acceptors (Lipinski definition) is 6. The Balaban J connectivity index is 0.000000115. The molecule has 92 valence electrons. The lowest BCUT2D eigenvalue weighted by Crippen LogP contribution is -2.71. The van der Waals surface area contributed by atoms with Crippen molar-refractivity contribution >= 4 is 6.29 Å². The van der Waals surface area contributed by atoms with Crippen molar-refractivity contribution in [1.29, 1.82) is 0 Å². The number of aldehydes is 1. The van der Waals surface area contributed by atoms with Gasteiger partial charge in [-0.25, -0.2) is 0 Å². The highest BCUT2D eigenvalue weighted by Gasteiger charge is 2.36. The molecule has 4 fully saturated rings. The van der Waals surface area contributed by atoms with Crippen molar-refractivity contribution in [3.05, 3.63) is 24.2 Å². The number of rotatable bonds is 1. The maximum Gasteiger partial charge on any atom is 0.185 e. The van der Waals surface area contributed by atoms with Gasteiger partial charge in [0, 0.05) is 0 Å². The van der Waals surface area contributed by atoms with Gasteiger partial charge in [0.1, 0.15) is 0 Å². The minimum Gasteiger partial charge on any atom is -0.462 e. The molecule has 5 rings (SSSR count). The molecule has 6 heteroatoms. The first-order valence-corrected chi connectivity index (χ1v) is 5.71. The smallest absolute Gasteiger partial charge is 0.185 e. The minimum absolute atomic E-state index is 0.375. The van der Waals surface area contributed by atoms with E-state index in [1.165, 1.54) is 46.3 Å². The van der Waals surface area contributed by atoms with Crippen LogP contribution in [0.4, 0.5) is 0 Å². The van der Waals surface area contributed by atoms with E-state index in [2.05, 4.69) is 24.0 Å². The predicted molar refractivity (Wildman–Crippen MR) is 60.7 cm³/mol. The van der Waals surface area contributed by atoms with Crippen LogP contribution in [0.3, 0.4) is 0 Å². The number of carbonyl (C=O) groups is 1. The summed E-state index contributed by atoms with van der Waals surface area (Å²) in [5.74, 6) is 0.375. The predicted octanol–water partition coefficient (Wildman–Crippen LogP) is 0.0723. The Bertz CT molecular complexity index is 322. The van der Waals surface area contributed by atoms with Gasteiger partial charge in [-0.1, -0.05) is 0 Å². The molecule has 4 aliphatic heterocycles. The van der Waals surface area contributed by atoms with Crippen LogP contribution in [0.2, 0.25) is 0 Å². The maximum atomic E-state index is 9.77. The third kappa shape index (κ3) is 2.39. The van der Waals surface area contributed by atoms with Gasteiger partial charge in [0.15, 0.2) is 12.0 Å². The topological polar surface area (TPSA) is 43.2 Å². The molecule has 0 saturated carbocycles. The third-order valence-electron chi connectivity index (χ3n) is 3.06. The van der Waals surface area contributed by atoms with E-state index in [0.29, 0.717) is 12.0 Å². The molecule has 0 radical (unpaired) electrons. The van der Waals surface area contributed by atoms with Gasteiger partial charge in [-0.3, -0.25) is 24.4 Å². The highest BCUT2D eigenvalue weighted by molar-refractivity contribution is 5.69. The second-order valence-corrected chi connectivity index (χ2v) is 4.67. The molecule has 4 aliphatic rings. The molecule has 5 heterocycles. The lowest BCUT2D eigenvalue weighted by atomic mass is 10.4. The Hall–Kier alpha value is -1.21. The minimum atomic E-state index is 0.375. The molecule has 17 heavy (non-hydrogen) atoms. The fraction of sp³-hybridized carbons (Fsp3) is 0.545. The molecule has 4 saturated heterocycles. The van der Waals surface area contributed by atoms with E-state index >= 15 is 0 Å². The van der Waals surface area contributed by atoms with E-state index in [0.717, 1.165) is 0 Å². The van der Waals surface area contributed by atoms with Crippen molar-refractivity contribution in [1.82, 2.24) is 19.6 Å². The average molecular weight is 236 g/mol. The molecule has 0 amide bonds. The number of carbonyl (C=O) groups excluding carboxylic acids is 1. The second kappa shape index (κ2) is 4.58. The Morgan fingerprint density at radius 3 is 1.65 bits per heavy atom. The van der Waals surface area contributed by atoms with Gasteiger partial charge < -0.3 is 4.42 Å². The van der Waals surface area contributed by atoms with Gasteiger partial charge in [-0.15, -0.1) is 0 Å². The molecule has 1 aromatic heterocycles. The summed E-state index contributed by atoms with van der Waals surface area (Å²) in [4.78, 5) is 19.6. The molecular weight excluding hydrogens is 220 g/mol. The molecule has 0 spiro atoms. The number of hydrogen-bond donors (Lipinski definition) is 0. The first kappa shape index (κ1) is 10.9.